The number of anilines is 1. The predicted molar refractivity (Wildman–Crippen MR) is 86.6 cm³/mol. The van der Waals surface area contributed by atoms with Crippen LogP contribution in [-0.2, 0) is 0 Å². The third-order valence-corrected chi connectivity index (χ3v) is 3.77. The number of fused-ring (bicyclic) bond motifs is 1. The number of benzene rings is 1. The highest BCUT2D eigenvalue weighted by atomic mass is 35.5. The van der Waals surface area contributed by atoms with Crippen molar-refractivity contribution in [2.75, 3.05) is 11.9 Å². The molecule has 1 aliphatic carbocycles. The predicted octanol–water partition coefficient (Wildman–Crippen LogP) is 3.93. The zero-order valence-electron chi connectivity index (χ0n) is 12.7. The largest absolute Gasteiger partial charge is 0.384 e. The highest BCUT2D eigenvalue weighted by molar-refractivity contribution is 6.33. The fourth-order valence-corrected chi connectivity index (χ4v) is 2.52. The van der Waals surface area contributed by atoms with Crippen LogP contribution in [0.3, 0.4) is 0 Å². The summed E-state index contributed by atoms with van der Waals surface area (Å²) in [5, 5.41) is 3.20. The van der Waals surface area contributed by atoms with Crippen LogP contribution in [0.15, 0.2) is 17.1 Å². The number of carbonyl (C=O) groups is 1. The quantitative estimate of drug-likeness (QED) is 0.819. The average molecular weight is 325 g/mol. The second-order valence-corrected chi connectivity index (χ2v) is 6.07. The van der Waals surface area contributed by atoms with Gasteiger partial charge >= 0.3 is 0 Å². The molecule has 0 aromatic heterocycles. The second kappa shape index (κ2) is 6.48. The van der Waals surface area contributed by atoms with Crippen molar-refractivity contribution in [3.63, 3.8) is 0 Å². The number of halogens is 2. The first-order valence-electron chi connectivity index (χ1n) is 7.11. The summed E-state index contributed by atoms with van der Waals surface area (Å²) >= 11 is 6.00. The van der Waals surface area contributed by atoms with Gasteiger partial charge in [0, 0.05) is 12.7 Å². The number of hydrogen-bond acceptors (Lipinski definition) is 3. The Morgan fingerprint density at radius 3 is 2.73 bits per heavy atom. The molecule has 1 heterocycles. The molecule has 0 bridgehead atoms. The molecular weight excluding hydrogens is 307 g/mol. The topological polar surface area (TPSA) is 62.0 Å². The van der Waals surface area contributed by atoms with Crippen LogP contribution in [0.1, 0.15) is 37.6 Å². The number of aromatic amines is 1. The Balaban J connectivity index is 2.65. The standard InChI is InChI=1S/C16H18ClFN2O2/c1-8(2)4-5-19-14-10(9(3)21)7-20-15-11(17)6-12(18)16(22)13(14)15/h6-8,19-20H,4-5H2,1-3H3. The molecule has 0 fully saturated rings. The minimum atomic E-state index is -0.932. The normalized spacial score (nSPS) is 11.2. The molecule has 118 valence electrons. The first-order valence-corrected chi connectivity index (χ1v) is 7.49. The van der Waals surface area contributed by atoms with Crippen molar-refractivity contribution in [2.24, 2.45) is 5.92 Å². The molecule has 2 aliphatic rings. The summed E-state index contributed by atoms with van der Waals surface area (Å²) in [4.78, 5) is 26.8. The van der Waals surface area contributed by atoms with Crippen LogP contribution < -0.4 is 10.7 Å². The number of ketones is 1. The highest BCUT2D eigenvalue weighted by Gasteiger charge is 2.23. The second-order valence-electron chi connectivity index (χ2n) is 5.66. The zero-order chi connectivity index (χ0) is 16.4. The van der Waals surface area contributed by atoms with E-state index in [4.69, 9.17) is 11.6 Å². The van der Waals surface area contributed by atoms with Gasteiger partial charge in [-0.15, -0.1) is 0 Å². The SMILES string of the molecule is CC(=O)c1c[nH]c2c(Cl)cc(F)c(=O)c-2c1NCCC(C)C. The van der Waals surface area contributed by atoms with Gasteiger partial charge in [0.15, 0.2) is 11.6 Å². The van der Waals surface area contributed by atoms with E-state index in [-0.39, 0.29) is 16.4 Å². The maximum absolute atomic E-state index is 13.7. The molecule has 0 radical (unpaired) electrons. The Labute approximate surface area is 133 Å². The van der Waals surface area contributed by atoms with Gasteiger partial charge in [0.25, 0.3) is 0 Å². The molecule has 0 atom stereocenters. The number of H-pyrrole nitrogens is 1. The van der Waals surface area contributed by atoms with E-state index in [2.05, 4.69) is 24.1 Å². The maximum atomic E-state index is 13.7. The molecule has 1 aliphatic heterocycles. The third-order valence-electron chi connectivity index (χ3n) is 3.47. The van der Waals surface area contributed by atoms with E-state index in [1.54, 1.807) is 0 Å². The molecule has 2 rings (SSSR count). The summed E-state index contributed by atoms with van der Waals surface area (Å²) < 4.78 is 13.7. The summed E-state index contributed by atoms with van der Waals surface area (Å²) in [6.45, 7) is 6.11. The molecule has 2 N–H and O–H groups in total. The lowest BCUT2D eigenvalue weighted by Gasteiger charge is -2.18. The maximum Gasteiger partial charge on any atom is 0.225 e. The van der Waals surface area contributed by atoms with E-state index in [1.165, 1.54) is 13.1 Å². The molecule has 0 aromatic rings. The van der Waals surface area contributed by atoms with Crippen LogP contribution in [0.5, 0.6) is 0 Å². The fraction of sp³-hybridized carbons (Fsp3) is 0.375. The molecular formula is C16H18ClFN2O2. The van der Waals surface area contributed by atoms with Gasteiger partial charge in [0.05, 0.1) is 27.5 Å². The summed E-state index contributed by atoms with van der Waals surface area (Å²) in [6.07, 6.45) is 2.35. The Bertz CT molecular complexity index is 740. The van der Waals surface area contributed by atoms with E-state index in [9.17, 15) is 14.0 Å². The van der Waals surface area contributed by atoms with Crippen molar-refractivity contribution in [3.8, 4) is 11.3 Å². The van der Waals surface area contributed by atoms with Crippen molar-refractivity contribution in [2.45, 2.75) is 27.2 Å². The number of carbonyl (C=O) groups excluding carboxylic acids is 1. The van der Waals surface area contributed by atoms with Crippen molar-refractivity contribution in [1.82, 2.24) is 4.98 Å². The molecule has 22 heavy (non-hydrogen) atoms. The summed E-state index contributed by atoms with van der Waals surface area (Å²) in [5.41, 5.74) is 0.292. The lowest BCUT2D eigenvalue weighted by Crippen LogP contribution is -2.18. The van der Waals surface area contributed by atoms with E-state index in [0.29, 0.717) is 29.4 Å². The highest BCUT2D eigenvalue weighted by Crippen LogP contribution is 2.34. The monoisotopic (exact) mass is 324 g/mol. The van der Waals surface area contributed by atoms with Gasteiger partial charge in [0.2, 0.25) is 5.43 Å². The number of hydrogen-bond donors (Lipinski definition) is 2. The van der Waals surface area contributed by atoms with Gasteiger partial charge in [-0.25, -0.2) is 4.39 Å². The van der Waals surface area contributed by atoms with Crippen molar-refractivity contribution in [1.29, 1.82) is 0 Å². The molecule has 0 aromatic carbocycles. The van der Waals surface area contributed by atoms with Crippen LogP contribution in [0, 0.1) is 11.7 Å². The van der Waals surface area contributed by atoms with Crippen molar-refractivity contribution >= 4 is 23.1 Å². The lowest BCUT2D eigenvalue weighted by atomic mass is 10.0. The number of aromatic nitrogens is 1. The smallest absolute Gasteiger partial charge is 0.225 e. The lowest BCUT2D eigenvalue weighted by molar-refractivity contribution is 0.101. The summed E-state index contributed by atoms with van der Waals surface area (Å²) in [7, 11) is 0. The van der Waals surface area contributed by atoms with E-state index in [1.807, 2.05) is 0 Å². The molecule has 6 heteroatoms. The van der Waals surface area contributed by atoms with Gasteiger partial charge in [-0.05, 0) is 25.3 Å². The summed E-state index contributed by atoms with van der Waals surface area (Å²) in [5.74, 6) is -0.689. The van der Waals surface area contributed by atoms with E-state index >= 15 is 0 Å². The minimum absolute atomic E-state index is 0.0847. The van der Waals surface area contributed by atoms with Gasteiger partial charge in [-0.1, -0.05) is 25.4 Å². The van der Waals surface area contributed by atoms with Crippen LogP contribution in [0.25, 0.3) is 11.3 Å². The van der Waals surface area contributed by atoms with Gasteiger partial charge in [-0.2, -0.15) is 0 Å². The first kappa shape index (κ1) is 16.5. The van der Waals surface area contributed by atoms with Crippen molar-refractivity contribution in [3.05, 3.63) is 38.9 Å². The van der Waals surface area contributed by atoms with Crippen LogP contribution in [0.4, 0.5) is 10.1 Å². The number of Topliss-reactive ketones (excluding diaryl/α,β-unsaturated/α-hetero) is 1. The van der Waals surface area contributed by atoms with Crippen LogP contribution >= 0.6 is 11.6 Å². The molecule has 4 nitrogen and oxygen atoms in total. The van der Waals surface area contributed by atoms with Gasteiger partial charge in [-0.3, -0.25) is 9.59 Å². The number of rotatable bonds is 5. The zero-order valence-corrected chi connectivity index (χ0v) is 13.5. The Morgan fingerprint density at radius 1 is 1.45 bits per heavy atom. The Morgan fingerprint density at radius 2 is 2.14 bits per heavy atom. The molecule has 0 spiro atoms. The number of nitrogens with one attached hydrogen (secondary N) is 2. The van der Waals surface area contributed by atoms with Gasteiger partial charge < -0.3 is 10.3 Å². The average Bonchev–Trinajstić information content (AvgIpc) is 2.43. The molecule has 0 saturated carbocycles. The van der Waals surface area contributed by atoms with Crippen LogP contribution in [0.2, 0.25) is 5.02 Å². The Hall–Kier alpha value is -1.88. The molecule has 0 saturated heterocycles. The van der Waals surface area contributed by atoms with Gasteiger partial charge in [0.1, 0.15) is 0 Å². The van der Waals surface area contributed by atoms with E-state index in [0.717, 1.165) is 12.5 Å². The third kappa shape index (κ3) is 3.14. The minimum Gasteiger partial charge on any atom is -0.384 e. The molecule has 0 amide bonds. The van der Waals surface area contributed by atoms with E-state index < -0.39 is 11.2 Å². The summed E-state index contributed by atoms with van der Waals surface area (Å²) in [6, 6.07) is 0.980. The van der Waals surface area contributed by atoms with Crippen molar-refractivity contribution < 1.29 is 9.18 Å². The fourth-order valence-electron chi connectivity index (χ4n) is 2.28. The Kier molecular flexibility index (Phi) is 4.86. The first-order chi connectivity index (χ1) is 10.3. The molecule has 0 unspecified atom stereocenters. The number of pyridine rings is 1. The van der Waals surface area contributed by atoms with Crippen LogP contribution in [-0.4, -0.2) is 17.3 Å².